The Morgan fingerprint density at radius 3 is 2.08 bits per heavy atom. The Balaban J connectivity index is 1.43. The third kappa shape index (κ3) is 5.36. The van der Waals surface area contributed by atoms with Gasteiger partial charge in [-0.1, -0.05) is 74.7 Å². The van der Waals surface area contributed by atoms with Gasteiger partial charge in [0.1, 0.15) is 0 Å². The van der Waals surface area contributed by atoms with Crippen LogP contribution in [0, 0.1) is 11.8 Å². The molecule has 3 atom stereocenters. The van der Waals surface area contributed by atoms with Crippen molar-refractivity contribution in [2.45, 2.75) is 64.3 Å². The lowest BCUT2D eigenvalue weighted by Gasteiger charge is -2.35. The van der Waals surface area contributed by atoms with Crippen LogP contribution in [0.2, 0.25) is 0 Å². The van der Waals surface area contributed by atoms with E-state index in [-0.39, 0.29) is 11.8 Å². The molecule has 0 aliphatic heterocycles. The largest absolute Gasteiger partial charge is 0.378 e. The van der Waals surface area contributed by atoms with Crippen molar-refractivity contribution in [3.8, 4) is 11.1 Å². The lowest BCUT2D eigenvalue weighted by Crippen LogP contribution is -2.37. The van der Waals surface area contributed by atoms with Crippen LogP contribution in [0.25, 0.3) is 11.1 Å². The number of anilines is 2. The minimum absolute atomic E-state index is 0.0161. The topological polar surface area (TPSA) is 23.6 Å². The van der Waals surface area contributed by atoms with E-state index in [2.05, 4.69) is 66.4 Å². The van der Waals surface area contributed by atoms with Gasteiger partial charge in [0.05, 0.1) is 7.89 Å². The first-order valence-corrected chi connectivity index (χ1v) is 13.7. The van der Waals surface area contributed by atoms with Crippen molar-refractivity contribution in [1.29, 1.82) is 0 Å². The summed E-state index contributed by atoms with van der Waals surface area (Å²) in [5, 5.41) is 0. The first-order chi connectivity index (χ1) is 17.9. The van der Waals surface area contributed by atoms with E-state index >= 15 is 0 Å². The third-order valence-corrected chi connectivity index (χ3v) is 8.29. The number of hydrogen-bond acceptors (Lipinski definition) is 2. The lowest BCUT2D eigenvalue weighted by atomic mass is 9.71. The fourth-order valence-electron chi connectivity index (χ4n) is 5.74. The normalized spacial score (nSPS) is 21.2. The van der Waals surface area contributed by atoms with E-state index < -0.39 is 6.52 Å². The molecule has 3 aromatic carbocycles. The number of hydrogen-bond donors (Lipinski definition) is 0. The average Bonchev–Trinajstić information content (AvgIpc) is 2.93. The van der Waals surface area contributed by atoms with Gasteiger partial charge in [-0.05, 0) is 84.0 Å². The first-order valence-electron chi connectivity index (χ1n) is 14.2. The number of carbonyl (C=O) groups is 1. The summed E-state index contributed by atoms with van der Waals surface area (Å²) in [6.45, 7) is 1.54. The highest BCUT2D eigenvalue weighted by Gasteiger charge is 2.30. The molecular weight excluding hydrogens is 440 g/mol. The maximum atomic E-state index is 13.9. The van der Waals surface area contributed by atoms with Crippen molar-refractivity contribution in [3.63, 3.8) is 0 Å². The zero-order chi connectivity index (χ0) is 25.9. The van der Waals surface area contributed by atoms with Crippen molar-refractivity contribution in [3.05, 3.63) is 83.9 Å². The predicted molar refractivity (Wildman–Crippen MR) is 152 cm³/mol. The molecule has 0 radical (unpaired) electrons. The Morgan fingerprint density at radius 1 is 0.833 bits per heavy atom. The van der Waals surface area contributed by atoms with Crippen LogP contribution < -0.4 is 9.80 Å². The molecule has 1 amide bonds. The monoisotopic (exact) mass is 481 g/mol. The van der Waals surface area contributed by atoms with Crippen molar-refractivity contribution in [1.82, 2.24) is 0 Å². The molecule has 0 heterocycles. The van der Waals surface area contributed by atoms with E-state index in [1.165, 1.54) is 30.5 Å². The molecule has 2 saturated carbocycles. The van der Waals surface area contributed by atoms with Crippen molar-refractivity contribution in [2.75, 3.05) is 23.9 Å². The summed E-state index contributed by atoms with van der Waals surface area (Å²) in [6.07, 6.45) is 7.77. The SMILES string of the molecule is [2H][C@H](c1ccc(-c2ccc(N(C)C)cc2)cc1)N(C(=O)C1CCCCC1)c1cccc(C2CCC2C)c1. The van der Waals surface area contributed by atoms with Crippen molar-refractivity contribution in [2.24, 2.45) is 11.8 Å². The van der Waals surface area contributed by atoms with Gasteiger partial charge in [-0.3, -0.25) is 4.79 Å². The highest BCUT2D eigenvalue weighted by molar-refractivity contribution is 5.95. The van der Waals surface area contributed by atoms with Crippen LogP contribution in [0.15, 0.2) is 72.8 Å². The van der Waals surface area contributed by atoms with Gasteiger partial charge in [0.2, 0.25) is 5.91 Å². The molecule has 3 nitrogen and oxygen atoms in total. The lowest BCUT2D eigenvalue weighted by molar-refractivity contribution is -0.123. The highest BCUT2D eigenvalue weighted by Crippen LogP contribution is 2.43. The summed E-state index contributed by atoms with van der Waals surface area (Å²) in [5.41, 5.74) is 6.46. The molecule has 36 heavy (non-hydrogen) atoms. The van der Waals surface area contributed by atoms with Gasteiger partial charge in [-0.25, -0.2) is 0 Å². The molecule has 3 aromatic rings. The molecule has 2 aliphatic carbocycles. The molecule has 0 bridgehead atoms. The average molecular weight is 482 g/mol. The maximum Gasteiger partial charge on any atom is 0.230 e. The summed E-state index contributed by atoms with van der Waals surface area (Å²) in [5.74, 6) is 1.38. The second kappa shape index (κ2) is 10.9. The van der Waals surface area contributed by atoms with E-state index in [0.717, 1.165) is 48.1 Å². The second-order valence-electron chi connectivity index (χ2n) is 11.0. The molecule has 3 heteroatoms. The Bertz CT molecular complexity index is 1200. The molecule has 0 saturated heterocycles. The maximum absolute atomic E-state index is 13.9. The Kier molecular flexibility index (Phi) is 7.07. The van der Waals surface area contributed by atoms with Gasteiger partial charge in [0, 0.05) is 31.4 Å². The minimum Gasteiger partial charge on any atom is -0.378 e. The fourth-order valence-corrected chi connectivity index (χ4v) is 5.74. The third-order valence-electron chi connectivity index (χ3n) is 8.29. The number of carbonyl (C=O) groups excluding carboxylic acids is 1. The first kappa shape index (κ1) is 23.3. The summed E-state index contributed by atoms with van der Waals surface area (Å²) in [4.78, 5) is 17.8. The summed E-state index contributed by atoms with van der Waals surface area (Å²) in [7, 11) is 4.09. The second-order valence-corrected chi connectivity index (χ2v) is 11.0. The number of amides is 1. The Hall–Kier alpha value is -3.07. The standard InChI is InChI=1S/C33H40N2O/c1-24-12-21-32(24)29-10-7-11-31(22-29)35(33(36)28-8-5-4-6-9-28)23-25-13-15-26(16-14-25)27-17-19-30(20-18-27)34(2)3/h7,10-11,13-20,22,24,28,32H,4-6,8-9,12,21,23H2,1-3H3/i23D/t23-,24?,32?/m1/s1. The molecule has 5 rings (SSSR count). The van der Waals surface area contributed by atoms with Gasteiger partial charge >= 0.3 is 0 Å². The zero-order valence-electron chi connectivity index (χ0n) is 23.0. The molecule has 0 N–H and O–H groups in total. The van der Waals surface area contributed by atoms with Gasteiger partial charge in [0.15, 0.2) is 0 Å². The van der Waals surface area contributed by atoms with Crippen LogP contribution in [-0.2, 0) is 11.3 Å². The summed E-state index contributed by atoms with van der Waals surface area (Å²) >= 11 is 0. The molecule has 2 fully saturated rings. The Morgan fingerprint density at radius 2 is 1.50 bits per heavy atom. The molecule has 0 aromatic heterocycles. The van der Waals surface area contributed by atoms with Crippen LogP contribution in [0.4, 0.5) is 11.4 Å². The highest BCUT2D eigenvalue weighted by atomic mass is 16.2. The van der Waals surface area contributed by atoms with E-state index in [4.69, 9.17) is 0 Å². The van der Waals surface area contributed by atoms with Gasteiger partial charge in [-0.15, -0.1) is 0 Å². The van der Waals surface area contributed by atoms with E-state index in [1.807, 2.05) is 32.3 Å². The van der Waals surface area contributed by atoms with E-state index in [0.29, 0.717) is 11.8 Å². The van der Waals surface area contributed by atoms with Crippen molar-refractivity contribution < 1.29 is 6.17 Å². The van der Waals surface area contributed by atoms with Crippen LogP contribution in [-0.4, -0.2) is 20.0 Å². The van der Waals surface area contributed by atoms with Crippen LogP contribution in [0.5, 0.6) is 0 Å². The smallest absolute Gasteiger partial charge is 0.230 e. The van der Waals surface area contributed by atoms with Crippen LogP contribution in [0.3, 0.4) is 0 Å². The number of rotatable bonds is 7. The summed E-state index contributed by atoms with van der Waals surface area (Å²) in [6, 6.07) is 25.2. The van der Waals surface area contributed by atoms with Gasteiger partial charge < -0.3 is 9.80 Å². The zero-order valence-corrected chi connectivity index (χ0v) is 22.0. The van der Waals surface area contributed by atoms with E-state index in [1.54, 1.807) is 4.90 Å². The predicted octanol–water partition coefficient (Wildman–Crippen LogP) is 8.05. The van der Waals surface area contributed by atoms with Crippen LogP contribution in [0.1, 0.15) is 70.3 Å². The molecular formula is C33H40N2O. The Labute approximate surface area is 218 Å². The van der Waals surface area contributed by atoms with Gasteiger partial charge in [0.25, 0.3) is 0 Å². The molecule has 2 aliphatic rings. The van der Waals surface area contributed by atoms with Crippen LogP contribution >= 0.6 is 0 Å². The van der Waals surface area contributed by atoms with E-state index in [9.17, 15) is 6.17 Å². The molecule has 188 valence electrons. The van der Waals surface area contributed by atoms with Crippen molar-refractivity contribution >= 4 is 17.3 Å². The summed E-state index contributed by atoms with van der Waals surface area (Å²) < 4.78 is 9.28. The fraction of sp³-hybridized carbons (Fsp3) is 0.424. The molecule has 0 spiro atoms. The quantitative estimate of drug-likeness (QED) is 0.341. The number of nitrogens with zero attached hydrogens (tertiary/aromatic N) is 2. The van der Waals surface area contributed by atoms with Gasteiger partial charge in [-0.2, -0.15) is 0 Å². The minimum atomic E-state index is -0.770. The molecule has 2 unspecified atom stereocenters. The number of benzene rings is 3.